The van der Waals surface area contributed by atoms with Crippen LogP contribution in [0.1, 0.15) is 59.0 Å². The lowest BCUT2D eigenvalue weighted by molar-refractivity contribution is 0.0948. The Labute approximate surface area is 163 Å². The van der Waals surface area contributed by atoms with Gasteiger partial charge in [-0.15, -0.1) is 0 Å². The van der Waals surface area contributed by atoms with E-state index in [1.807, 2.05) is 58.0 Å². The number of fused-ring (bicyclic) bond motifs is 1. The van der Waals surface area contributed by atoms with E-state index in [1.165, 1.54) is 16.8 Å². The van der Waals surface area contributed by atoms with Gasteiger partial charge in [-0.1, -0.05) is 37.6 Å². The highest BCUT2D eigenvalue weighted by molar-refractivity contribution is 6.25. The van der Waals surface area contributed by atoms with Crippen molar-refractivity contribution in [1.82, 2.24) is 9.78 Å². The topological polar surface area (TPSA) is 81.1 Å². The number of aromatic nitrogens is 2. The van der Waals surface area contributed by atoms with Crippen molar-refractivity contribution >= 4 is 23.2 Å². The summed E-state index contributed by atoms with van der Waals surface area (Å²) in [6.45, 7) is 7.60. The maximum atomic E-state index is 13.2. The van der Waals surface area contributed by atoms with Crippen LogP contribution in [-0.4, -0.2) is 27.3 Å². The van der Waals surface area contributed by atoms with Gasteiger partial charge in [0.15, 0.2) is 0 Å². The molecular weight excluding hydrogens is 354 g/mol. The predicted octanol–water partition coefficient (Wildman–Crippen LogP) is 4.06. The van der Waals surface area contributed by atoms with Gasteiger partial charge >= 0.3 is 0 Å². The van der Waals surface area contributed by atoms with Gasteiger partial charge in [0.25, 0.3) is 5.91 Å². The fourth-order valence-electron chi connectivity index (χ4n) is 3.10. The standard InChI is InChI=1S/C22H23N3O3/c1-13(2)10-17-20-21(24-25(17)19(27)11-14(3)4)18(26)12-16(22(20)28)23-15-8-6-5-7-9-15/h5-9,11-13,23H,10H2,1-4H3. The minimum absolute atomic E-state index is 0.0368. The first-order valence-electron chi connectivity index (χ1n) is 9.22. The molecule has 28 heavy (non-hydrogen) atoms. The number of nitrogens with zero attached hydrogens (tertiary/aromatic N) is 2. The lowest BCUT2D eigenvalue weighted by Gasteiger charge is -2.15. The molecular formula is C22H23N3O3. The van der Waals surface area contributed by atoms with Crippen LogP contribution < -0.4 is 5.32 Å². The molecule has 2 aromatic rings. The molecule has 1 aliphatic rings. The molecule has 1 aromatic heterocycles. The average Bonchev–Trinajstić information content (AvgIpc) is 2.99. The molecule has 3 rings (SSSR count). The third-order valence-electron chi connectivity index (χ3n) is 4.24. The number of carbonyl (C=O) groups excluding carboxylic acids is 3. The summed E-state index contributed by atoms with van der Waals surface area (Å²) in [7, 11) is 0. The van der Waals surface area contributed by atoms with Gasteiger partial charge in [-0.2, -0.15) is 9.78 Å². The van der Waals surface area contributed by atoms with Crippen molar-refractivity contribution in [3.05, 3.63) is 70.7 Å². The molecule has 1 aliphatic carbocycles. The highest BCUT2D eigenvalue weighted by Crippen LogP contribution is 2.27. The van der Waals surface area contributed by atoms with Crippen molar-refractivity contribution in [1.29, 1.82) is 0 Å². The highest BCUT2D eigenvalue weighted by Gasteiger charge is 2.34. The lowest BCUT2D eigenvalue weighted by Crippen LogP contribution is -2.22. The zero-order chi connectivity index (χ0) is 20.4. The van der Waals surface area contributed by atoms with Gasteiger partial charge < -0.3 is 5.32 Å². The Morgan fingerprint density at radius 1 is 1.18 bits per heavy atom. The second-order valence-corrected chi connectivity index (χ2v) is 7.48. The maximum absolute atomic E-state index is 13.2. The Bertz CT molecular complexity index is 1010. The van der Waals surface area contributed by atoms with Gasteiger partial charge in [0.1, 0.15) is 5.69 Å². The Morgan fingerprint density at radius 2 is 1.86 bits per heavy atom. The van der Waals surface area contributed by atoms with Gasteiger partial charge in [0.2, 0.25) is 11.6 Å². The van der Waals surface area contributed by atoms with E-state index in [1.54, 1.807) is 0 Å². The summed E-state index contributed by atoms with van der Waals surface area (Å²) in [5.74, 6) is -0.895. The highest BCUT2D eigenvalue weighted by atomic mass is 16.2. The Kier molecular flexibility index (Phi) is 5.40. The number of benzene rings is 1. The number of ketones is 2. The average molecular weight is 377 g/mol. The van der Waals surface area contributed by atoms with Gasteiger partial charge in [-0.3, -0.25) is 14.4 Å². The Balaban J connectivity index is 2.08. The number of hydrogen-bond acceptors (Lipinski definition) is 5. The van der Waals surface area contributed by atoms with Gasteiger partial charge in [0.05, 0.1) is 17.0 Å². The monoisotopic (exact) mass is 377 g/mol. The minimum atomic E-state index is -0.387. The van der Waals surface area contributed by atoms with E-state index in [-0.39, 0.29) is 40.3 Å². The number of anilines is 1. The molecule has 0 saturated carbocycles. The summed E-state index contributed by atoms with van der Waals surface area (Å²) in [5, 5.41) is 7.22. The SMILES string of the molecule is CC(C)=CC(=O)n1nc2c(c1CC(C)C)C(=O)C(Nc1ccccc1)=CC2=O. The van der Waals surface area contributed by atoms with Crippen LogP contribution in [0.25, 0.3) is 0 Å². The second kappa shape index (κ2) is 7.76. The molecule has 6 heteroatoms. The van der Waals surface area contributed by atoms with Crippen LogP contribution in [0.2, 0.25) is 0 Å². The Morgan fingerprint density at radius 3 is 2.46 bits per heavy atom. The van der Waals surface area contributed by atoms with E-state index in [2.05, 4.69) is 10.4 Å². The van der Waals surface area contributed by atoms with E-state index >= 15 is 0 Å². The molecule has 0 radical (unpaired) electrons. The van der Waals surface area contributed by atoms with E-state index in [0.29, 0.717) is 17.8 Å². The molecule has 0 atom stereocenters. The summed E-state index contributed by atoms with van der Waals surface area (Å²) >= 11 is 0. The number of para-hydroxylation sites is 1. The summed E-state index contributed by atoms with van der Waals surface area (Å²) in [5.41, 5.74) is 2.44. The van der Waals surface area contributed by atoms with E-state index < -0.39 is 0 Å². The zero-order valence-corrected chi connectivity index (χ0v) is 16.4. The molecule has 0 bridgehead atoms. The third-order valence-corrected chi connectivity index (χ3v) is 4.24. The van der Waals surface area contributed by atoms with E-state index in [0.717, 1.165) is 5.57 Å². The normalized spacial score (nSPS) is 13.2. The number of rotatable bonds is 5. The van der Waals surface area contributed by atoms with E-state index in [9.17, 15) is 14.4 Å². The predicted molar refractivity (Wildman–Crippen MR) is 108 cm³/mol. The smallest absolute Gasteiger partial charge is 0.271 e. The molecule has 0 saturated heterocycles. The third kappa shape index (κ3) is 3.86. The summed E-state index contributed by atoms with van der Waals surface area (Å²) in [6.07, 6.45) is 3.16. The zero-order valence-electron chi connectivity index (χ0n) is 16.4. The number of carbonyl (C=O) groups is 3. The van der Waals surface area contributed by atoms with Crippen LogP contribution in [0, 0.1) is 5.92 Å². The molecule has 0 aliphatic heterocycles. The first-order chi connectivity index (χ1) is 13.3. The van der Waals surface area contributed by atoms with Crippen LogP contribution in [0.5, 0.6) is 0 Å². The number of allylic oxidation sites excluding steroid dienone is 4. The van der Waals surface area contributed by atoms with Crippen molar-refractivity contribution in [3.8, 4) is 0 Å². The first-order valence-corrected chi connectivity index (χ1v) is 9.22. The van der Waals surface area contributed by atoms with Gasteiger partial charge in [-0.25, -0.2) is 0 Å². The molecule has 0 unspecified atom stereocenters. The van der Waals surface area contributed by atoms with Crippen molar-refractivity contribution in [3.63, 3.8) is 0 Å². The van der Waals surface area contributed by atoms with Crippen molar-refractivity contribution in [2.24, 2.45) is 5.92 Å². The van der Waals surface area contributed by atoms with Crippen LogP contribution in [0.15, 0.2) is 53.8 Å². The summed E-state index contributed by atoms with van der Waals surface area (Å²) < 4.78 is 1.20. The number of Topliss-reactive ketones (excluding diaryl/α,β-unsaturated/α-hetero) is 1. The molecule has 144 valence electrons. The maximum Gasteiger partial charge on any atom is 0.271 e. The summed E-state index contributed by atoms with van der Waals surface area (Å²) in [4.78, 5) is 38.5. The molecule has 1 N–H and O–H groups in total. The van der Waals surface area contributed by atoms with Crippen LogP contribution >= 0.6 is 0 Å². The van der Waals surface area contributed by atoms with Crippen LogP contribution in [-0.2, 0) is 6.42 Å². The fourth-order valence-corrected chi connectivity index (χ4v) is 3.10. The molecule has 1 heterocycles. The number of hydrogen-bond donors (Lipinski definition) is 1. The molecule has 0 fully saturated rings. The first kappa shape index (κ1) is 19.5. The summed E-state index contributed by atoms with van der Waals surface area (Å²) in [6, 6.07) is 9.16. The van der Waals surface area contributed by atoms with Gasteiger partial charge in [0, 0.05) is 17.8 Å². The van der Waals surface area contributed by atoms with Crippen molar-refractivity contribution in [2.45, 2.75) is 34.1 Å². The molecule has 6 nitrogen and oxygen atoms in total. The van der Waals surface area contributed by atoms with Crippen molar-refractivity contribution < 1.29 is 14.4 Å². The minimum Gasteiger partial charge on any atom is -0.352 e. The molecule has 1 aromatic carbocycles. The second-order valence-electron chi connectivity index (χ2n) is 7.48. The molecule has 0 spiro atoms. The number of nitrogens with one attached hydrogen (secondary N) is 1. The molecule has 0 amide bonds. The quantitative estimate of drug-likeness (QED) is 0.795. The van der Waals surface area contributed by atoms with Gasteiger partial charge in [-0.05, 0) is 38.3 Å². The van der Waals surface area contributed by atoms with E-state index in [4.69, 9.17) is 0 Å². The van der Waals surface area contributed by atoms with Crippen molar-refractivity contribution in [2.75, 3.05) is 5.32 Å². The fraction of sp³-hybridized carbons (Fsp3) is 0.273. The van der Waals surface area contributed by atoms with Crippen LogP contribution in [0.3, 0.4) is 0 Å². The van der Waals surface area contributed by atoms with Crippen LogP contribution in [0.4, 0.5) is 5.69 Å². The largest absolute Gasteiger partial charge is 0.352 e. The lowest BCUT2D eigenvalue weighted by atomic mass is 9.93. The Hall–Kier alpha value is -3.28.